The average molecular weight is 561 g/mol. The fraction of sp³-hybridized carbons (Fsp3) is 0.571. The van der Waals surface area contributed by atoms with Crippen LogP contribution in [0.5, 0.6) is 0 Å². The third-order valence-electron chi connectivity index (χ3n) is 6.33. The quantitative estimate of drug-likeness (QED) is 0.334. The van der Waals surface area contributed by atoms with Crippen molar-refractivity contribution in [3.8, 4) is 0 Å². The predicted molar refractivity (Wildman–Crippen MR) is 150 cm³/mol. The molecule has 0 aliphatic carbocycles. The highest BCUT2D eigenvalue weighted by Gasteiger charge is 2.37. The number of thioether (sulfide) groups is 1. The summed E-state index contributed by atoms with van der Waals surface area (Å²) in [5.74, 6) is -2.03. The standard InChI is InChI=1S/C28H40N4O6S/c1-16(2)15-20(23(34)31-22(25(36)29-7)28(4,5)6)30-24(35)21(39-17(3)33)13-10-14-32-26(37)18-11-8-9-12-19(18)27(32)38/h8-9,11-12,16,20-22H,10,13-15H2,1-7H3,(H,29,36)(H,30,35)(H,31,34)/t20-,21-,22?/m0/s1. The van der Waals surface area contributed by atoms with Gasteiger partial charge in [0.2, 0.25) is 17.7 Å². The highest BCUT2D eigenvalue weighted by molar-refractivity contribution is 8.14. The maximum absolute atomic E-state index is 13.3. The second-order valence-corrected chi connectivity index (χ2v) is 12.5. The van der Waals surface area contributed by atoms with Crippen molar-refractivity contribution in [2.45, 2.75) is 78.1 Å². The van der Waals surface area contributed by atoms with Gasteiger partial charge in [-0.05, 0) is 42.7 Å². The Kier molecular flexibility index (Phi) is 11.3. The molecular formula is C28H40N4O6S. The molecule has 1 unspecified atom stereocenters. The van der Waals surface area contributed by atoms with Gasteiger partial charge in [0.15, 0.2) is 5.12 Å². The van der Waals surface area contributed by atoms with Crippen LogP contribution in [-0.2, 0) is 19.2 Å². The summed E-state index contributed by atoms with van der Waals surface area (Å²) >= 11 is 0.843. The lowest BCUT2D eigenvalue weighted by Gasteiger charge is -2.32. The second kappa shape index (κ2) is 13.7. The van der Waals surface area contributed by atoms with E-state index in [9.17, 15) is 28.8 Å². The number of likely N-dealkylation sites (N-methyl/N-ethyl adjacent to an activating group) is 1. The summed E-state index contributed by atoms with van der Waals surface area (Å²) < 4.78 is 0. The molecule has 0 fully saturated rings. The van der Waals surface area contributed by atoms with Crippen molar-refractivity contribution >= 4 is 46.4 Å². The van der Waals surface area contributed by atoms with Crippen molar-refractivity contribution in [1.82, 2.24) is 20.9 Å². The van der Waals surface area contributed by atoms with E-state index in [0.29, 0.717) is 24.0 Å². The summed E-state index contributed by atoms with van der Waals surface area (Å²) in [5.41, 5.74) is 0.129. The number of nitrogens with one attached hydrogen (secondary N) is 3. The maximum atomic E-state index is 13.3. The molecule has 1 aromatic rings. The molecule has 1 aliphatic rings. The minimum absolute atomic E-state index is 0.0573. The molecular weight excluding hydrogens is 520 g/mol. The molecule has 3 N–H and O–H groups in total. The molecule has 0 aromatic heterocycles. The highest BCUT2D eigenvalue weighted by Crippen LogP contribution is 2.25. The SMILES string of the molecule is CNC(=O)C(NC(=O)[C@H](CC(C)C)NC(=O)[C@H](CCCN1C(=O)c2ccccc2C1=O)SC(C)=O)C(C)(C)C. The van der Waals surface area contributed by atoms with Gasteiger partial charge < -0.3 is 16.0 Å². The number of rotatable bonds is 12. The largest absolute Gasteiger partial charge is 0.357 e. The van der Waals surface area contributed by atoms with Crippen molar-refractivity contribution in [2.75, 3.05) is 13.6 Å². The lowest BCUT2D eigenvalue weighted by atomic mass is 9.85. The fourth-order valence-electron chi connectivity index (χ4n) is 4.35. The van der Waals surface area contributed by atoms with Gasteiger partial charge in [-0.3, -0.25) is 33.7 Å². The number of fused-ring (bicyclic) bond motifs is 1. The lowest BCUT2D eigenvalue weighted by Crippen LogP contribution is -2.58. The van der Waals surface area contributed by atoms with E-state index >= 15 is 0 Å². The summed E-state index contributed by atoms with van der Waals surface area (Å²) in [6.45, 7) is 10.8. The molecule has 214 valence electrons. The molecule has 1 aromatic carbocycles. The zero-order valence-electron chi connectivity index (χ0n) is 23.8. The summed E-state index contributed by atoms with van der Waals surface area (Å²) in [4.78, 5) is 77.3. The van der Waals surface area contributed by atoms with Gasteiger partial charge in [0.1, 0.15) is 12.1 Å². The smallest absolute Gasteiger partial charge is 0.261 e. The first-order chi connectivity index (χ1) is 18.2. The van der Waals surface area contributed by atoms with E-state index in [2.05, 4.69) is 16.0 Å². The van der Waals surface area contributed by atoms with Crippen LogP contribution in [0, 0.1) is 11.3 Å². The van der Waals surface area contributed by atoms with Gasteiger partial charge in [-0.25, -0.2) is 0 Å². The van der Waals surface area contributed by atoms with Gasteiger partial charge in [-0.2, -0.15) is 0 Å². The van der Waals surface area contributed by atoms with E-state index in [1.165, 1.54) is 14.0 Å². The normalized spacial score (nSPS) is 15.4. The van der Waals surface area contributed by atoms with Crippen molar-refractivity contribution < 1.29 is 28.8 Å². The summed E-state index contributed by atoms with van der Waals surface area (Å²) in [6, 6.07) is 4.86. The van der Waals surface area contributed by atoms with Crippen LogP contribution in [0.3, 0.4) is 0 Å². The Morgan fingerprint density at radius 2 is 1.49 bits per heavy atom. The number of nitrogens with zero attached hydrogens (tertiary/aromatic N) is 1. The third-order valence-corrected chi connectivity index (χ3v) is 7.39. The maximum Gasteiger partial charge on any atom is 0.261 e. The zero-order chi connectivity index (χ0) is 29.5. The van der Waals surface area contributed by atoms with Gasteiger partial charge in [-0.1, -0.05) is 58.5 Å². The number of hydrogen-bond acceptors (Lipinski definition) is 7. The molecule has 5 amide bonds. The van der Waals surface area contributed by atoms with Crippen LogP contribution >= 0.6 is 11.8 Å². The number of hydrogen-bond donors (Lipinski definition) is 3. The number of carbonyl (C=O) groups is 6. The van der Waals surface area contributed by atoms with E-state index in [-0.39, 0.29) is 41.7 Å². The van der Waals surface area contributed by atoms with E-state index in [1.807, 2.05) is 34.6 Å². The van der Waals surface area contributed by atoms with Gasteiger partial charge in [0.25, 0.3) is 11.8 Å². The van der Waals surface area contributed by atoms with Gasteiger partial charge in [0, 0.05) is 20.5 Å². The molecule has 39 heavy (non-hydrogen) atoms. The number of imide groups is 1. The van der Waals surface area contributed by atoms with Crippen LogP contribution in [0.4, 0.5) is 0 Å². The van der Waals surface area contributed by atoms with Crippen molar-refractivity contribution in [3.63, 3.8) is 0 Å². The number of benzene rings is 1. The number of amides is 5. The van der Waals surface area contributed by atoms with Crippen LogP contribution in [0.2, 0.25) is 0 Å². The van der Waals surface area contributed by atoms with Crippen molar-refractivity contribution in [2.24, 2.45) is 11.3 Å². The Morgan fingerprint density at radius 3 is 1.95 bits per heavy atom. The Labute approximate surface area is 234 Å². The monoisotopic (exact) mass is 560 g/mol. The summed E-state index contributed by atoms with van der Waals surface area (Å²) in [6.07, 6.45) is 0.838. The fourth-order valence-corrected chi connectivity index (χ4v) is 5.21. The molecule has 1 heterocycles. The molecule has 2 rings (SSSR count). The lowest BCUT2D eigenvalue weighted by molar-refractivity contribution is -0.134. The summed E-state index contributed by atoms with van der Waals surface area (Å²) in [5, 5.41) is 7.02. The zero-order valence-corrected chi connectivity index (χ0v) is 24.6. The van der Waals surface area contributed by atoms with Gasteiger partial charge in [-0.15, -0.1) is 0 Å². The first-order valence-corrected chi connectivity index (χ1v) is 14.0. The third kappa shape index (κ3) is 8.64. The van der Waals surface area contributed by atoms with Crippen LogP contribution < -0.4 is 16.0 Å². The molecule has 10 nitrogen and oxygen atoms in total. The van der Waals surface area contributed by atoms with E-state index < -0.39 is 34.6 Å². The molecule has 0 saturated carbocycles. The van der Waals surface area contributed by atoms with E-state index in [4.69, 9.17) is 0 Å². The molecule has 0 radical (unpaired) electrons. The summed E-state index contributed by atoms with van der Waals surface area (Å²) in [7, 11) is 1.49. The van der Waals surface area contributed by atoms with E-state index in [0.717, 1.165) is 16.7 Å². The Hall–Kier alpha value is -3.21. The topological polar surface area (TPSA) is 142 Å². The van der Waals surface area contributed by atoms with Gasteiger partial charge >= 0.3 is 0 Å². The van der Waals surface area contributed by atoms with Crippen molar-refractivity contribution in [1.29, 1.82) is 0 Å². The molecule has 3 atom stereocenters. The highest BCUT2D eigenvalue weighted by atomic mass is 32.2. The molecule has 11 heteroatoms. The Balaban J connectivity index is 2.11. The molecule has 0 saturated heterocycles. The minimum atomic E-state index is -0.918. The number of carbonyl (C=O) groups excluding carboxylic acids is 6. The molecule has 0 bridgehead atoms. The van der Waals surface area contributed by atoms with Crippen molar-refractivity contribution in [3.05, 3.63) is 35.4 Å². The molecule has 0 spiro atoms. The Morgan fingerprint density at radius 1 is 0.923 bits per heavy atom. The van der Waals surface area contributed by atoms with Gasteiger partial charge in [0.05, 0.1) is 16.4 Å². The van der Waals surface area contributed by atoms with Crippen LogP contribution in [-0.4, -0.2) is 70.5 Å². The minimum Gasteiger partial charge on any atom is -0.357 e. The van der Waals surface area contributed by atoms with E-state index in [1.54, 1.807) is 24.3 Å². The van der Waals surface area contributed by atoms with Crippen LogP contribution in [0.15, 0.2) is 24.3 Å². The average Bonchev–Trinajstić information content (AvgIpc) is 3.09. The first-order valence-electron chi connectivity index (χ1n) is 13.1. The first kappa shape index (κ1) is 32.0. The second-order valence-electron chi connectivity index (χ2n) is 11.2. The van der Waals surface area contributed by atoms with Crippen LogP contribution in [0.25, 0.3) is 0 Å². The predicted octanol–water partition coefficient (Wildman–Crippen LogP) is 2.52. The van der Waals surface area contributed by atoms with Crippen LogP contribution in [0.1, 0.15) is 81.5 Å². The Bertz CT molecular complexity index is 1080. The molecule has 1 aliphatic heterocycles.